The van der Waals surface area contributed by atoms with Gasteiger partial charge in [-0.15, -0.1) is 0 Å². The lowest BCUT2D eigenvalue weighted by atomic mass is 10.1. The Balaban J connectivity index is 1.99. The van der Waals surface area contributed by atoms with E-state index in [0.29, 0.717) is 37.8 Å². The number of sulfonamides is 1. The van der Waals surface area contributed by atoms with Crippen LogP contribution in [0.2, 0.25) is 0 Å². The van der Waals surface area contributed by atoms with E-state index >= 15 is 0 Å². The molecule has 1 aromatic rings. The van der Waals surface area contributed by atoms with Crippen molar-refractivity contribution >= 4 is 10.0 Å². The molecule has 0 spiro atoms. The minimum Gasteiger partial charge on any atom is -0.486 e. The molecule has 1 fully saturated rings. The second-order valence-corrected chi connectivity index (χ2v) is 6.95. The van der Waals surface area contributed by atoms with Crippen LogP contribution >= 0.6 is 0 Å². The fourth-order valence-corrected chi connectivity index (χ4v) is 4.26. The third-order valence-corrected chi connectivity index (χ3v) is 5.46. The Kier molecular flexibility index (Phi) is 3.57. The predicted octanol–water partition coefficient (Wildman–Crippen LogP) is 0.570. The molecule has 0 saturated carbocycles. The van der Waals surface area contributed by atoms with Crippen LogP contribution in [0.3, 0.4) is 0 Å². The molecule has 1 atom stereocenters. The molecule has 0 amide bonds. The van der Waals surface area contributed by atoms with Crippen molar-refractivity contribution in [2.24, 2.45) is 5.73 Å². The number of nitrogens with two attached hydrogens (primary N) is 1. The smallest absolute Gasteiger partial charge is 0.246 e. The SMILES string of the molecule is NC1CCCN(S(=O)(=O)c2cccc3c2OCCO3)C1. The van der Waals surface area contributed by atoms with E-state index in [2.05, 4.69) is 0 Å². The molecule has 2 aliphatic rings. The van der Waals surface area contributed by atoms with E-state index in [1.165, 1.54) is 4.31 Å². The van der Waals surface area contributed by atoms with Crippen molar-refractivity contribution in [1.29, 1.82) is 0 Å². The maximum Gasteiger partial charge on any atom is 0.246 e. The summed E-state index contributed by atoms with van der Waals surface area (Å²) in [6, 6.07) is 4.85. The van der Waals surface area contributed by atoms with Gasteiger partial charge in [-0.3, -0.25) is 0 Å². The number of hydrogen-bond acceptors (Lipinski definition) is 5. The van der Waals surface area contributed by atoms with Crippen molar-refractivity contribution < 1.29 is 17.9 Å². The summed E-state index contributed by atoms with van der Waals surface area (Å²) in [4.78, 5) is 0.170. The van der Waals surface area contributed by atoms with Gasteiger partial charge in [0.05, 0.1) is 0 Å². The Morgan fingerprint density at radius 1 is 1.25 bits per heavy atom. The third-order valence-electron chi connectivity index (χ3n) is 3.57. The minimum atomic E-state index is -3.59. The lowest BCUT2D eigenvalue weighted by Crippen LogP contribution is -2.45. The molecule has 20 heavy (non-hydrogen) atoms. The normalized spacial score (nSPS) is 23.6. The molecule has 6 nitrogen and oxygen atoms in total. The number of nitrogens with zero attached hydrogens (tertiary/aromatic N) is 1. The molecule has 0 aromatic heterocycles. The van der Waals surface area contributed by atoms with Crippen molar-refractivity contribution in [2.75, 3.05) is 26.3 Å². The summed E-state index contributed by atoms with van der Waals surface area (Å²) >= 11 is 0. The standard InChI is InChI=1S/C13H18N2O4S/c14-10-3-2-6-15(9-10)20(16,17)12-5-1-4-11-13(12)19-8-7-18-11/h1,4-5,10H,2-3,6-9,14H2. The van der Waals surface area contributed by atoms with E-state index < -0.39 is 10.0 Å². The first-order valence-corrected chi connectivity index (χ1v) is 8.17. The van der Waals surface area contributed by atoms with Crippen molar-refractivity contribution in [3.05, 3.63) is 18.2 Å². The quantitative estimate of drug-likeness (QED) is 0.863. The summed E-state index contributed by atoms with van der Waals surface area (Å²) in [5.41, 5.74) is 5.88. The molecule has 0 radical (unpaired) electrons. The van der Waals surface area contributed by atoms with Crippen molar-refractivity contribution in [3.8, 4) is 11.5 Å². The number of rotatable bonds is 2. The maximum atomic E-state index is 12.7. The van der Waals surface area contributed by atoms with E-state index in [9.17, 15) is 8.42 Å². The highest BCUT2D eigenvalue weighted by molar-refractivity contribution is 7.89. The van der Waals surface area contributed by atoms with Crippen LogP contribution < -0.4 is 15.2 Å². The monoisotopic (exact) mass is 298 g/mol. The van der Waals surface area contributed by atoms with Crippen molar-refractivity contribution in [1.82, 2.24) is 4.31 Å². The molecule has 2 N–H and O–H groups in total. The highest BCUT2D eigenvalue weighted by Gasteiger charge is 2.33. The van der Waals surface area contributed by atoms with Crippen LogP contribution in [0.15, 0.2) is 23.1 Å². The van der Waals surface area contributed by atoms with Crippen LogP contribution in [-0.4, -0.2) is 45.1 Å². The van der Waals surface area contributed by atoms with E-state index in [4.69, 9.17) is 15.2 Å². The average molecular weight is 298 g/mol. The van der Waals surface area contributed by atoms with Gasteiger partial charge in [-0.1, -0.05) is 6.07 Å². The largest absolute Gasteiger partial charge is 0.486 e. The molecular formula is C13H18N2O4S. The lowest BCUT2D eigenvalue weighted by molar-refractivity contribution is 0.166. The third kappa shape index (κ3) is 2.36. The maximum absolute atomic E-state index is 12.7. The molecular weight excluding hydrogens is 280 g/mol. The summed E-state index contributed by atoms with van der Waals surface area (Å²) in [7, 11) is -3.59. The van der Waals surface area contributed by atoms with Crippen LogP contribution in [0.1, 0.15) is 12.8 Å². The predicted molar refractivity (Wildman–Crippen MR) is 73.4 cm³/mol. The van der Waals surface area contributed by atoms with Crippen LogP contribution in [0.25, 0.3) is 0 Å². The number of benzene rings is 1. The fraction of sp³-hybridized carbons (Fsp3) is 0.538. The zero-order valence-corrected chi connectivity index (χ0v) is 11.9. The van der Waals surface area contributed by atoms with E-state index in [1.54, 1.807) is 18.2 Å². The molecule has 7 heteroatoms. The van der Waals surface area contributed by atoms with Gasteiger partial charge < -0.3 is 15.2 Å². The topological polar surface area (TPSA) is 81.9 Å². The Labute approximate surface area is 118 Å². The number of fused-ring (bicyclic) bond motifs is 1. The van der Waals surface area contributed by atoms with Crippen LogP contribution in [0.5, 0.6) is 11.5 Å². The van der Waals surface area contributed by atoms with Gasteiger partial charge in [0.15, 0.2) is 11.5 Å². The van der Waals surface area contributed by atoms with Gasteiger partial charge in [0.2, 0.25) is 10.0 Å². The van der Waals surface area contributed by atoms with E-state index in [1.807, 2.05) is 0 Å². The van der Waals surface area contributed by atoms with Crippen molar-refractivity contribution in [2.45, 2.75) is 23.8 Å². The average Bonchev–Trinajstić information content (AvgIpc) is 2.46. The van der Waals surface area contributed by atoms with Gasteiger partial charge in [-0.05, 0) is 25.0 Å². The molecule has 1 aromatic carbocycles. The van der Waals surface area contributed by atoms with Crippen LogP contribution in [0, 0.1) is 0 Å². The number of para-hydroxylation sites is 1. The van der Waals surface area contributed by atoms with E-state index in [0.717, 1.165) is 12.8 Å². The summed E-state index contributed by atoms with van der Waals surface area (Å²) in [5, 5.41) is 0. The Morgan fingerprint density at radius 3 is 2.85 bits per heavy atom. The summed E-state index contributed by atoms with van der Waals surface area (Å²) in [6.07, 6.45) is 1.64. The Morgan fingerprint density at radius 2 is 2.05 bits per heavy atom. The molecule has 1 unspecified atom stereocenters. The lowest BCUT2D eigenvalue weighted by Gasteiger charge is -2.31. The Hall–Kier alpha value is -1.31. The number of ether oxygens (including phenoxy) is 2. The second kappa shape index (κ2) is 5.23. The first-order chi connectivity index (χ1) is 9.59. The van der Waals surface area contributed by atoms with Crippen LogP contribution in [0.4, 0.5) is 0 Å². The number of piperidine rings is 1. The van der Waals surface area contributed by atoms with Gasteiger partial charge in [-0.2, -0.15) is 4.31 Å². The second-order valence-electron chi connectivity index (χ2n) is 5.05. The van der Waals surface area contributed by atoms with Gasteiger partial charge in [0, 0.05) is 19.1 Å². The summed E-state index contributed by atoms with van der Waals surface area (Å²) in [6.45, 7) is 1.65. The first kappa shape index (κ1) is 13.7. The van der Waals surface area contributed by atoms with Crippen LogP contribution in [-0.2, 0) is 10.0 Å². The zero-order chi connectivity index (χ0) is 14.2. The molecule has 2 heterocycles. The van der Waals surface area contributed by atoms with Crippen molar-refractivity contribution in [3.63, 3.8) is 0 Å². The molecule has 3 rings (SSSR count). The molecule has 0 bridgehead atoms. The fourth-order valence-electron chi connectivity index (χ4n) is 2.58. The highest BCUT2D eigenvalue weighted by Crippen LogP contribution is 2.38. The zero-order valence-electron chi connectivity index (χ0n) is 11.1. The van der Waals surface area contributed by atoms with Gasteiger partial charge in [-0.25, -0.2) is 8.42 Å². The molecule has 2 aliphatic heterocycles. The Bertz CT molecular complexity index is 602. The van der Waals surface area contributed by atoms with Gasteiger partial charge >= 0.3 is 0 Å². The molecule has 110 valence electrons. The first-order valence-electron chi connectivity index (χ1n) is 6.73. The minimum absolute atomic E-state index is 0.102. The molecule has 1 saturated heterocycles. The van der Waals surface area contributed by atoms with Gasteiger partial charge in [0.1, 0.15) is 18.1 Å². The van der Waals surface area contributed by atoms with Gasteiger partial charge in [0.25, 0.3) is 0 Å². The highest BCUT2D eigenvalue weighted by atomic mass is 32.2. The summed E-state index contributed by atoms with van der Waals surface area (Å²) in [5.74, 6) is 0.802. The molecule has 0 aliphatic carbocycles. The number of hydrogen-bond donors (Lipinski definition) is 1. The summed E-state index contributed by atoms with van der Waals surface area (Å²) < 4.78 is 37.8. The van der Waals surface area contributed by atoms with E-state index in [-0.39, 0.29) is 10.9 Å².